The van der Waals surface area contributed by atoms with E-state index in [0.717, 1.165) is 0 Å². The summed E-state index contributed by atoms with van der Waals surface area (Å²) < 4.78 is 41.7. The lowest BCUT2D eigenvalue weighted by Crippen LogP contribution is -2.53. The van der Waals surface area contributed by atoms with Crippen molar-refractivity contribution in [2.75, 3.05) is 32.1 Å². The number of amides is 2. The largest absolute Gasteiger partial charge is 0.393 e. The van der Waals surface area contributed by atoms with Crippen molar-refractivity contribution in [1.82, 2.24) is 4.90 Å². The molecule has 116 valence electrons. The zero-order valence-corrected chi connectivity index (χ0v) is 11.6. The summed E-state index contributed by atoms with van der Waals surface area (Å²) in [6.45, 7) is 1.88. The Balaban J connectivity index is 1.82. The molecule has 1 aromatic rings. The molecule has 0 atom stereocenters. The molecule has 0 aliphatic carbocycles. The third kappa shape index (κ3) is 4.63. The summed E-state index contributed by atoms with van der Waals surface area (Å²) >= 11 is 0. The van der Waals surface area contributed by atoms with Crippen molar-refractivity contribution in [3.8, 4) is 0 Å². The van der Waals surface area contributed by atoms with Crippen molar-refractivity contribution >= 4 is 11.7 Å². The van der Waals surface area contributed by atoms with Crippen LogP contribution in [0.25, 0.3) is 0 Å². The summed E-state index contributed by atoms with van der Waals surface area (Å²) in [7, 11) is 1.62. The highest BCUT2D eigenvalue weighted by Crippen LogP contribution is 2.23. The molecule has 4 nitrogen and oxygen atoms in total. The number of rotatable bonds is 4. The third-order valence-electron chi connectivity index (χ3n) is 3.26. The lowest BCUT2D eigenvalue weighted by molar-refractivity contribution is -0.127. The number of likely N-dealkylation sites (tertiary alicyclic amines) is 1. The van der Waals surface area contributed by atoms with E-state index in [0.29, 0.717) is 31.3 Å². The molecule has 0 unspecified atom stereocenters. The fraction of sp³-hybridized carbons (Fsp3) is 0.500. The summed E-state index contributed by atoms with van der Waals surface area (Å²) in [6.07, 6.45) is -5.19. The minimum Gasteiger partial charge on any atom is -0.384 e. The molecule has 0 bridgehead atoms. The number of ether oxygens (including phenoxy) is 1. The minimum atomic E-state index is -4.22. The highest BCUT2D eigenvalue weighted by molar-refractivity contribution is 5.89. The molecule has 2 amide bonds. The predicted octanol–water partition coefficient (Wildman–Crippen LogP) is 2.90. The van der Waals surface area contributed by atoms with Crippen LogP contribution in [0, 0.1) is 5.92 Å². The Morgan fingerprint density at radius 2 is 1.95 bits per heavy atom. The molecule has 0 aromatic heterocycles. The third-order valence-corrected chi connectivity index (χ3v) is 3.26. The first-order valence-electron chi connectivity index (χ1n) is 6.58. The standard InChI is InChI=1S/C14H17F3N2O2/c1-21-9-11-7-19(8-11)13(20)18-12-4-2-10(3-5-12)6-14(15,16)17/h2-5,11H,6-9H2,1H3,(H,18,20). The maximum atomic E-state index is 12.2. The molecule has 2 rings (SSSR count). The molecule has 1 N–H and O–H groups in total. The molecule has 1 aliphatic heterocycles. The molecule has 1 fully saturated rings. The highest BCUT2D eigenvalue weighted by Gasteiger charge is 2.30. The molecule has 21 heavy (non-hydrogen) atoms. The van der Waals surface area contributed by atoms with Crippen LogP contribution in [0.5, 0.6) is 0 Å². The first kappa shape index (κ1) is 15.6. The number of carbonyl (C=O) groups excluding carboxylic acids is 1. The first-order valence-corrected chi connectivity index (χ1v) is 6.58. The van der Waals surface area contributed by atoms with Gasteiger partial charge < -0.3 is 15.0 Å². The quantitative estimate of drug-likeness (QED) is 0.929. The molecule has 1 aliphatic rings. The van der Waals surface area contributed by atoms with Crippen molar-refractivity contribution in [2.24, 2.45) is 5.92 Å². The van der Waals surface area contributed by atoms with Crippen LogP contribution in [0.15, 0.2) is 24.3 Å². The molecule has 1 heterocycles. The van der Waals surface area contributed by atoms with E-state index in [4.69, 9.17) is 4.74 Å². The Hall–Kier alpha value is -1.76. The molecular weight excluding hydrogens is 285 g/mol. The zero-order chi connectivity index (χ0) is 15.5. The molecule has 0 radical (unpaired) electrons. The van der Waals surface area contributed by atoms with Gasteiger partial charge in [-0.3, -0.25) is 0 Å². The predicted molar refractivity (Wildman–Crippen MR) is 72.2 cm³/mol. The lowest BCUT2D eigenvalue weighted by atomic mass is 10.0. The van der Waals surface area contributed by atoms with Crippen LogP contribution in [-0.2, 0) is 11.2 Å². The maximum absolute atomic E-state index is 12.2. The van der Waals surface area contributed by atoms with Gasteiger partial charge in [-0.15, -0.1) is 0 Å². The topological polar surface area (TPSA) is 41.6 Å². The lowest BCUT2D eigenvalue weighted by Gasteiger charge is -2.38. The number of hydrogen-bond donors (Lipinski definition) is 1. The Kier molecular flexibility index (Phi) is 4.72. The highest BCUT2D eigenvalue weighted by atomic mass is 19.4. The molecule has 0 spiro atoms. The van der Waals surface area contributed by atoms with Crippen LogP contribution >= 0.6 is 0 Å². The number of anilines is 1. The molecule has 1 aromatic carbocycles. The van der Waals surface area contributed by atoms with Crippen molar-refractivity contribution in [1.29, 1.82) is 0 Å². The second-order valence-corrected chi connectivity index (χ2v) is 5.15. The first-order chi connectivity index (χ1) is 9.87. The Bertz CT molecular complexity index is 482. The number of carbonyl (C=O) groups is 1. The molecule has 0 saturated carbocycles. The van der Waals surface area contributed by atoms with Crippen LogP contribution in [0.3, 0.4) is 0 Å². The van der Waals surface area contributed by atoms with Crippen LogP contribution < -0.4 is 5.32 Å². The number of alkyl halides is 3. The summed E-state index contributed by atoms with van der Waals surface area (Å²) in [6, 6.07) is 5.45. The summed E-state index contributed by atoms with van der Waals surface area (Å²) in [5.74, 6) is 0.356. The Morgan fingerprint density at radius 1 is 1.33 bits per heavy atom. The average molecular weight is 302 g/mol. The summed E-state index contributed by atoms with van der Waals surface area (Å²) in [5, 5.41) is 2.66. The van der Waals surface area contributed by atoms with Gasteiger partial charge in [-0.2, -0.15) is 13.2 Å². The van der Waals surface area contributed by atoms with Gasteiger partial charge in [0.25, 0.3) is 0 Å². The zero-order valence-electron chi connectivity index (χ0n) is 11.6. The van der Waals surface area contributed by atoms with Crippen LogP contribution in [0.1, 0.15) is 5.56 Å². The number of benzene rings is 1. The smallest absolute Gasteiger partial charge is 0.384 e. The van der Waals surface area contributed by atoms with E-state index in [1.54, 1.807) is 12.0 Å². The number of hydrogen-bond acceptors (Lipinski definition) is 2. The number of methoxy groups -OCH3 is 1. The van der Waals surface area contributed by atoms with Gasteiger partial charge in [0.15, 0.2) is 0 Å². The van der Waals surface area contributed by atoms with E-state index in [1.165, 1.54) is 24.3 Å². The second kappa shape index (κ2) is 6.34. The van der Waals surface area contributed by atoms with Crippen molar-refractivity contribution < 1.29 is 22.7 Å². The van der Waals surface area contributed by atoms with Gasteiger partial charge in [-0.05, 0) is 17.7 Å². The maximum Gasteiger partial charge on any atom is 0.393 e. The van der Waals surface area contributed by atoms with Crippen molar-refractivity contribution in [3.63, 3.8) is 0 Å². The average Bonchev–Trinajstić information content (AvgIpc) is 2.33. The number of halogens is 3. The van der Waals surface area contributed by atoms with Gasteiger partial charge in [0.1, 0.15) is 0 Å². The molecule has 1 saturated heterocycles. The molecule has 7 heteroatoms. The van der Waals surface area contributed by atoms with Gasteiger partial charge in [-0.25, -0.2) is 4.79 Å². The van der Waals surface area contributed by atoms with Crippen LogP contribution in [0.4, 0.5) is 23.7 Å². The monoisotopic (exact) mass is 302 g/mol. The van der Waals surface area contributed by atoms with E-state index in [9.17, 15) is 18.0 Å². The number of nitrogens with one attached hydrogen (secondary N) is 1. The van der Waals surface area contributed by atoms with Crippen LogP contribution in [-0.4, -0.2) is 43.9 Å². The minimum absolute atomic E-state index is 0.171. The van der Waals surface area contributed by atoms with Crippen molar-refractivity contribution in [2.45, 2.75) is 12.6 Å². The number of urea groups is 1. The fourth-order valence-electron chi connectivity index (χ4n) is 2.22. The van der Waals surface area contributed by atoms with Gasteiger partial charge in [-0.1, -0.05) is 12.1 Å². The van der Waals surface area contributed by atoms with Crippen molar-refractivity contribution in [3.05, 3.63) is 29.8 Å². The summed E-state index contributed by atoms with van der Waals surface area (Å²) in [5.41, 5.74) is 0.658. The SMILES string of the molecule is COCC1CN(C(=O)Nc2ccc(CC(F)(F)F)cc2)C1. The van der Waals surface area contributed by atoms with Gasteiger partial charge >= 0.3 is 12.2 Å². The van der Waals surface area contributed by atoms with E-state index >= 15 is 0 Å². The Labute approximate surface area is 120 Å². The summed E-state index contributed by atoms with van der Waals surface area (Å²) in [4.78, 5) is 13.5. The van der Waals surface area contributed by atoms with E-state index in [2.05, 4.69) is 5.32 Å². The molecular formula is C14H17F3N2O2. The van der Waals surface area contributed by atoms with E-state index < -0.39 is 12.6 Å². The second-order valence-electron chi connectivity index (χ2n) is 5.15. The normalized spacial score (nSPS) is 15.7. The van der Waals surface area contributed by atoms with Gasteiger partial charge in [0, 0.05) is 31.8 Å². The van der Waals surface area contributed by atoms with Crippen LogP contribution in [0.2, 0.25) is 0 Å². The van der Waals surface area contributed by atoms with Gasteiger partial charge in [0.05, 0.1) is 13.0 Å². The fourth-order valence-corrected chi connectivity index (χ4v) is 2.22. The van der Waals surface area contributed by atoms with Gasteiger partial charge in [0.2, 0.25) is 0 Å². The van der Waals surface area contributed by atoms with E-state index in [-0.39, 0.29) is 11.6 Å². The Morgan fingerprint density at radius 3 is 2.48 bits per heavy atom. The van der Waals surface area contributed by atoms with E-state index in [1.807, 2.05) is 0 Å². The number of nitrogens with zero attached hydrogens (tertiary/aromatic N) is 1.